The lowest BCUT2D eigenvalue weighted by Gasteiger charge is -2.17. The minimum absolute atomic E-state index is 0.320. The average molecular weight is 356 g/mol. The van der Waals surface area contributed by atoms with Crippen LogP contribution in [0, 0.1) is 0 Å². The molecule has 130 valence electrons. The van der Waals surface area contributed by atoms with Crippen LogP contribution in [0.3, 0.4) is 0 Å². The first-order valence-corrected chi connectivity index (χ1v) is 8.96. The first-order valence-electron chi connectivity index (χ1n) is 8.18. The van der Waals surface area contributed by atoms with Gasteiger partial charge in [-0.2, -0.15) is 9.36 Å². The third kappa shape index (κ3) is 3.41. The van der Waals surface area contributed by atoms with Crippen molar-refractivity contribution in [1.29, 1.82) is 0 Å². The fourth-order valence-electron chi connectivity index (χ4n) is 2.83. The topological polar surface area (TPSA) is 85.9 Å². The van der Waals surface area contributed by atoms with E-state index < -0.39 is 0 Å². The highest BCUT2D eigenvalue weighted by Gasteiger charge is 2.25. The summed E-state index contributed by atoms with van der Waals surface area (Å²) in [6.45, 7) is 1.77. The van der Waals surface area contributed by atoms with E-state index in [0.29, 0.717) is 6.04 Å². The van der Waals surface area contributed by atoms with Gasteiger partial charge in [-0.15, -0.1) is 0 Å². The van der Waals surface area contributed by atoms with E-state index in [1.807, 2.05) is 49.6 Å². The minimum atomic E-state index is 0.320. The molecular weight excluding hydrogens is 336 g/mol. The maximum Gasteiger partial charge on any atom is 0.238 e. The molecule has 1 atom stereocenters. The number of H-pyrrole nitrogens is 1. The van der Waals surface area contributed by atoms with Gasteiger partial charge in [0.2, 0.25) is 17.0 Å². The van der Waals surface area contributed by atoms with Crippen molar-refractivity contribution in [2.75, 3.05) is 42.3 Å². The lowest BCUT2D eigenvalue weighted by Crippen LogP contribution is -2.27. The van der Waals surface area contributed by atoms with E-state index in [-0.39, 0.29) is 0 Å². The van der Waals surface area contributed by atoms with Gasteiger partial charge >= 0.3 is 0 Å². The van der Waals surface area contributed by atoms with E-state index in [4.69, 9.17) is 0 Å². The number of nitrogens with one attached hydrogen (secondary N) is 2. The second kappa shape index (κ2) is 6.67. The van der Waals surface area contributed by atoms with Crippen LogP contribution in [0.1, 0.15) is 6.42 Å². The third-order valence-electron chi connectivity index (χ3n) is 4.13. The summed E-state index contributed by atoms with van der Waals surface area (Å²) in [6.07, 6.45) is 4.73. The molecule has 3 aromatic heterocycles. The highest BCUT2D eigenvalue weighted by molar-refractivity contribution is 7.09. The van der Waals surface area contributed by atoms with Gasteiger partial charge in [-0.3, -0.25) is 0 Å². The molecule has 8 nitrogen and oxygen atoms in total. The second-order valence-corrected chi connectivity index (χ2v) is 6.95. The van der Waals surface area contributed by atoms with E-state index in [1.165, 1.54) is 11.5 Å². The van der Waals surface area contributed by atoms with Crippen LogP contribution in [0.4, 0.5) is 17.0 Å². The highest BCUT2D eigenvalue weighted by atomic mass is 32.1. The summed E-state index contributed by atoms with van der Waals surface area (Å²) >= 11 is 1.39. The maximum absolute atomic E-state index is 4.69. The Kier molecular flexibility index (Phi) is 4.22. The molecule has 0 amide bonds. The van der Waals surface area contributed by atoms with E-state index in [1.54, 1.807) is 0 Å². The zero-order chi connectivity index (χ0) is 17.2. The summed E-state index contributed by atoms with van der Waals surface area (Å²) < 4.78 is 4.33. The Balaban J connectivity index is 1.43. The predicted octanol–water partition coefficient (Wildman–Crippen LogP) is 2.08. The number of rotatable bonds is 5. The predicted molar refractivity (Wildman–Crippen MR) is 100 cm³/mol. The van der Waals surface area contributed by atoms with Crippen molar-refractivity contribution in [3.05, 3.63) is 30.6 Å². The summed E-state index contributed by atoms with van der Waals surface area (Å²) in [5.41, 5.74) is 1.91. The number of hydrogen-bond acceptors (Lipinski definition) is 8. The smallest absolute Gasteiger partial charge is 0.238 e. The molecule has 0 spiro atoms. The van der Waals surface area contributed by atoms with Gasteiger partial charge in [0, 0.05) is 57.2 Å². The van der Waals surface area contributed by atoms with Gasteiger partial charge in [0.25, 0.3) is 0 Å². The summed E-state index contributed by atoms with van der Waals surface area (Å²) in [7, 11) is 3.88. The summed E-state index contributed by atoms with van der Waals surface area (Å²) in [6, 6.07) is 6.22. The van der Waals surface area contributed by atoms with E-state index >= 15 is 0 Å². The number of nitrogens with zero attached hydrogens (tertiary/aromatic N) is 6. The van der Waals surface area contributed by atoms with E-state index in [9.17, 15) is 0 Å². The van der Waals surface area contributed by atoms with Crippen LogP contribution in [0.5, 0.6) is 0 Å². The number of aromatic nitrogens is 5. The van der Waals surface area contributed by atoms with Crippen LogP contribution >= 0.6 is 11.5 Å². The average Bonchev–Trinajstić information content (AvgIpc) is 3.37. The zero-order valence-electron chi connectivity index (χ0n) is 14.2. The van der Waals surface area contributed by atoms with Crippen LogP contribution in [0.15, 0.2) is 30.6 Å². The van der Waals surface area contributed by atoms with Crippen molar-refractivity contribution in [2.45, 2.75) is 12.5 Å². The fraction of sp³-hybridized carbons (Fsp3) is 0.375. The standard InChI is InChI=1S/C16H20N8S/c1-23(2)15-21-16(25-22-15)19-11-6-9-24(10-11)14-18-8-5-13(20-14)12-4-3-7-17-12/h3-5,7-8,11,17H,6,9-10H2,1-2H3,(H,19,21,22). The quantitative estimate of drug-likeness (QED) is 0.724. The zero-order valence-corrected chi connectivity index (χ0v) is 15.0. The van der Waals surface area contributed by atoms with Crippen LogP contribution < -0.4 is 15.1 Å². The molecule has 1 fully saturated rings. The molecule has 0 bridgehead atoms. The summed E-state index contributed by atoms with van der Waals surface area (Å²) in [5, 5.41) is 4.33. The van der Waals surface area contributed by atoms with Crippen molar-refractivity contribution < 1.29 is 0 Å². The summed E-state index contributed by atoms with van der Waals surface area (Å²) in [5.74, 6) is 1.51. The van der Waals surface area contributed by atoms with Gasteiger partial charge < -0.3 is 20.1 Å². The monoisotopic (exact) mass is 356 g/mol. The van der Waals surface area contributed by atoms with Crippen LogP contribution in [0.25, 0.3) is 11.4 Å². The van der Waals surface area contributed by atoms with E-state index in [2.05, 4.69) is 34.5 Å². The van der Waals surface area contributed by atoms with Gasteiger partial charge in [0.15, 0.2) is 0 Å². The molecular formula is C16H20N8S. The molecule has 3 aromatic rings. The van der Waals surface area contributed by atoms with Crippen LogP contribution in [-0.4, -0.2) is 57.5 Å². The molecule has 0 aliphatic carbocycles. The minimum Gasteiger partial charge on any atom is -0.360 e. The molecule has 0 saturated carbocycles. The lowest BCUT2D eigenvalue weighted by molar-refractivity contribution is 0.802. The van der Waals surface area contributed by atoms with Crippen molar-refractivity contribution in [3.63, 3.8) is 0 Å². The first-order chi connectivity index (χ1) is 12.2. The van der Waals surface area contributed by atoms with Crippen molar-refractivity contribution >= 4 is 28.6 Å². The maximum atomic E-state index is 4.69. The van der Waals surface area contributed by atoms with Crippen LogP contribution in [-0.2, 0) is 0 Å². The first kappa shape index (κ1) is 15.8. The molecule has 9 heteroatoms. The number of anilines is 3. The van der Waals surface area contributed by atoms with E-state index in [0.717, 1.165) is 47.9 Å². The molecule has 1 saturated heterocycles. The van der Waals surface area contributed by atoms with Gasteiger partial charge in [-0.1, -0.05) is 0 Å². The lowest BCUT2D eigenvalue weighted by atomic mass is 10.3. The summed E-state index contributed by atoms with van der Waals surface area (Å²) in [4.78, 5) is 20.9. The third-order valence-corrected chi connectivity index (χ3v) is 4.77. The fourth-order valence-corrected chi connectivity index (χ4v) is 3.54. The largest absolute Gasteiger partial charge is 0.360 e. The Morgan fingerprint density at radius 3 is 3.00 bits per heavy atom. The SMILES string of the molecule is CN(C)c1nsc(NC2CCN(c3nccc(-c4ccc[nH]4)n3)C2)n1. The molecule has 25 heavy (non-hydrogen) atoms. The number of aromatic amines is 1. The Labute approximate surface area is 150 Å². The molecule has 1 aliphatic heterocycles. The Hall–Kier alpha value is -2.68. The molecule has 2 N–H and O–H groups in total. The number of hydrogen-bond donors (Lipinski definition) is 2. The van der Waals surface area contributed by atoms with Crippen molar-refractivity contribution in [3.8, 4) is 11.4 Å². The van der Waals surface area contributed by atoms with Crippen molar-refractivity contribution in [2.24, 2.45) is 0 Å². The molecule has 1 aliphatic rings. The molecule has 4 heterocycles. The Bertz CT molecular complexity index is 828. The highest BCUT2D eigenvalue weighted by Crippen LogP contribution is 2.23. The molecule has 4 rings (SSSR count). The van der Waals surface area contributed by atoms with Crippen molar-refractivity contribution in [1.82, 2.24) is 24.3 Å². The second-order valence-electron chi connectivity index (χ2n) is 6.20. The van der Waals surface area contributed by atoms with Gasteiger partial charge in [0.05, 0.1) is 11.4 Å². The molecule has 0 aromatic carbocycles. The Morgan fingerprint density at radius 1 is 1.32 bits per heavy atom. The normalized spacial score (nSPS) is 17.0. The van der Waals surface area contributed by atoms with Crippen LogP contribution in [0.2, 0.25) is 0 Å². The van der Waals surface area contributed by atoms with Gasteiger partial charge in [-0.25, -0.2) is 9.97 Å². The molecule has 1 unspecified atom stereocenters. The Morgan fingerprint density at radius 2 is 2.24 bits per heavy atom. The van der Waals surface area contributed by atoms with Gasteiger partial charge in [-0.05, 0) is 24.6 Å². The molecule has 0 radical (unpaired) electrons. The van der Waals surface area contributed by atoms with Gasteiger partial charge in [0.1, 0.15) is 0 Å².